The molecule has 0 aliphatic carbocycles. The van der Waals surface area contributed by atoms with Crippen LogP contribution in [0.3, 0.4) is 0 Å². The second kappa shape index (κ2) is 6.60. The molecular weight excluding hydrogens is 322 g/mol. The minimum absolute atomic E-state index is 0.0284. The summed E-state index contributed by atoms with van der Waals surface area (Å²) in [7, 11) is 0. The number of carbonyl (C=O) groups is 2. The maximum Gasteiger partial charge on any atom is 0.335 e. The highest BCUT2D eigenvalue weighted by molar-refractivity contribution is 5.95. The Morgan fingerprint density at radius 1 is 1.12 bits per heavy atom. The molecule has 0 aliphatic rings. The van der Waals surface area contributed by atoms with E-state index >= 15 is 0 Å². The van der Waals surface area contributed by atoms with Crippen LogP contribution in [0.25, 0.3) is 22.5 Å². The van der Waals surface area contributed by atoms with Gasteiger partial charge in [-0.25, -0.2) is 4.79 Å². The average molecular weight is 339 g/mol. The number of nitrogens with one attached hydrogen (secondary N) is 3. The molecule has 0 radical (unpaired) electrons. The Hall–Kier alpha value is -3.42. The number of hydrogen-bond donors (Lipinski definition) is 4. The molecule has 1 aromatic carbocycles. The number of aromatic carboxylic acids is 1. The molecule has 0 fully saturated rings. The van der Waals surface area contributed by atoms with Gasteiger partial charge in [-0.05, 0) is 32.0 Å². The highest BCUT2D eigenvalue weighted by atomic mass is 16.4. The number of rotatable bonds is 5. The summed E-state index contributed by atoms with van der Waals surface area (Å²) in [5, 5.41) is 22.8. The van der Waals surface area contributed by atoms with E-state index < -0.39 is 5.97 Å². The number of nitrogens with zero attached hydrogens (tertiary/aromatic N) is 2. The molecule has 2 aromatic heterocycles. The van der Waals surface area contributed by atoms with Crippen LogP contribution in [0.2, 0.25) is 0 Å². The van der Waals surface area contributed by atoms with Gasteiger partial charge < -0.3 is 15.4 Å². The van der Waals surface area contributed by atoms with Crippen LogP contribution in [0.4, 0.5) is 0 Å². The number of hydrogen-bond acceptors (Lipinski definition) is 4. The Morgan fingerprint density at radius 2 is 1.84 bits per heavy atom. The van der Waals surface area contributed by atoms with E-state index in [0.29, 0.717) is 28.2 Å². The molecule has 0 saturated carbocycles. The highest BCUT2D eigenvalue weighted by Crippen LogP contribution is 2.29. The van der Waals surface area contributed by atoms with E-state index in [1.165, 1.54) is 12.1 Å². The average Bonchev–Trinajstić information content (AvgIpc) is 3.23. The van der Waals surface area contributed by atoms with E-state index in [2.05, 4.69) is 25.7 Å². The van der Waals surface area contributed by atoms with Crippen molar-refractivity contribution in [1.82, 2.24) is 25.7 Å². The van der Waals surface area contributed by atoms with Gasteiger partial charge in [0.15, 0.2) is 0 Å². The number of carboxylic acids is 1. The molecule has 4 N–H and O–H groups in total. The molecular formula is C17H17N5O3. The normalized spacial score (nSPS) is 10.8. The summed E-state index contributed by atoms with van der Waals surface area (Å²) < 4.78 is 0. The zero-order chi connectivity index (χ0) is 18.0. The molecule has 0 atom stereocenters. The summed E-state index contributed by atoms with van der Waals surface area (Å²) in [5.74, 6) is -1.22. The summed E-state index contributed by atoms with van der Waals surface area (Å²) in [4.78, 5) is 26.1. The van der Waals surface area contributed by atoms with Crippen LogP contribution in [0.1, 0.15) is 34.7 Å². The predicted molar refractivity (Wildman–Crippen MR) is 91.2 cm³/mol. The summed E-state index contributed by atoms with van der Waals surface area (Å²) in [6, 6.07) is 8.16. The van der Waals surface area contributed by atoms with Gasteiger partial charge in [-0.15, -0.1) is 0 Å². The number of aromatic amines is 2. The minimum Gasteiger partial charge on any atom is -0.478 e. The third-order valence-electron chi connectivity index (χ3n) is 3.55. The van der Waals surface area contributed by atoms with Crippen LogP contribution >= 0.6 is 0 Å². The van der Waals surface area contributed by atoms with Gasteiger partial charge in [0.05, 0.1) is 5.56 Å². The second-order valence-electron chi connectivity index (χ2n) is 5.84. The van der Waals surface area contributed by atoms with Crippen LogP contribution in [0.5, 0.6) is 0 Å². The Bertz CT molecular complexity index is 926. The maximum atomic E-state index is 12.1. The van der Waals surface area contributed by atoms with E-state index in [9.17, 15) is 9.59 Å². The predicted octanol–water partition coefficient (Wildman–Crippen LogP) is 2.30. The first-order valence-corrected chi connectivity index (χ1v) is 7.70. The van der Waals surface area contributed by atoms with Crippen LogP contribution in [-0.2, 0) is 0 Å². The van der Waals surface area contributed by atoms with Crippen molar-refractivity contribution in [2.24, 2.45) is 0 Å². The summed E-state index contributed by atoms with van der Waals surface area (Å²) in [6.07, 6.45) is 1.66. The maximum absolute atomic E-state index is 12.1. The van der Waals surface area contributed by atoms with Crippen molar-refractivity contribution in [1.29, 1.82) is 0 Å². The number of amides is 1. The SMILES string of the molecule is CC(C)NC(=O)c1cc(-c2n[nH]nc2-c2cccc(C(=O)O)c2)c[nH]1. The monoisotopic (exact) mass is 339 g/mol. The van der Waals surface area contributed by atoms with Crippen molar-refractivity contribution >= 4 is 11.9 Å². The number of benzene rings is 1. The van der Waals surface area contributed by atoms with Gasteiger partial charge in [0.1, 0.15) is 17.1 Å². The number of H-pyrrole nitrogens is 2. The van der Waals surface area contributed by atoms with Gasteiger partial charge in [-0.1, -0.05) is 12.1 Å². The Balaban J connectivity index is 1.95. The first kappa shape index (κ1) is 16.4. The Morgan fingerprint density at radius 3 is 2.52 bits per heavy atom. The Kier molecular flexibility index (Phi) is 4.34. The van der Waals surface area contributed by atoms with Crippen LogP contribution < -0.4 is 5.32 Å². The van der Waals surface area contributed by atoms with Gasteiger partial charge in [0.25, 0.3) is 5.91 Å². The van der Waals surface area contributed by atoms with Crippen molar-refractivity contribution in [3.63, 3.8) is 0 Å². The molecule has 0 unspecified atom stereocenters. The fraction of sp³-hybridized carbons (Fsp3) is 0.176. The first-order chi connectivity index (χ1) is 12.0. The zero-order valence-electron chi connectivity index (χ0n) is 13.7. The lowest BCUT2D eigenvalue weighted by atomic mass is 10.0. The number of carboxylic acid groups (broad SMARTS) is 1. The van der Waals surface area contributed by atoms with Crippen molar-refractivity contribution in [2.45, 2.75) is 19.9 Å². The summed E-state index contributed by atoms with van der Waals surface area (Å²) >= 11 is 0. The van der Waals surface area contributed by atoms with E-state index in [-0.39, 0.29) is 17.5 Å². The molecule has 0 aliphatic heterocycles. The smallest absolute Gasteiger partial charge is 0.335 e. The molecule has 25 heavy (non-hydrogen) atoms. The summed E-state index contributed by atoms with van der Waals surface area (Å²) in [6.45, 7) is 3.76. The largest absolute Gasteiger partial charge is 0.478 e. The fourth-order valence-corrected chi connectivity index (χ4v) is 2.44. The zero-order valence-corrected chi connectivity index (χ0v) is 13.7. The molecule has 8 nitrogen and oxygen atoms in total. The van der Waals surface area contributed by atoms with Crippen molar-refractivity contribution in [2.75, 3.05) is 0 Å². The molecule has 3 rings (SSSR count). The molecule has 8 heteroatoms. The first-order valence-electron chi connectivity index (χ1n) is 7.70. The molecule has 1 amide bonds. The minimum atomic E-state index is -1.01. The van der Waals surface area contributed by atoms with Gasteiger partial charge in [0.2, 0.25) is 0 Å². The number of carbonyl (C=O) groups excluding carboxylic acids is 1. The van der Waals surface area contributed by atoms with E-state index in [1.807, 2.05) is 13.8 Å². The molecule has 3 aromatic rings. The topological polar surface area (TPSA) is 124 Å². The third kappa shape index (κ3) is 3.42. The van der Waals surface area contributed by atoms with Crippen molar-refractivity contribution < 1.29 is 14.7 Å². The van der Waals surface area contributed by atoms with E-state index in [0.717, 1.165) is 0 Å². The van der Waals surface area contributed by atoms with Gasteiger partial charge >= 0.3 is 5.97 Å². The fourth-order valence-electron chi connectivity index (χ4n) is 2.44. The van der Waals surface area contributed by atoms with E-state index in [4.69, 9.17) is 5.11 Å². The molecule has 0 spiro atoms. The highest BCUT2D eigenvalue weighted by Gasteiger charge is 2.17. The molecule has 128 valence electrons. The van der Waals surface area contributed by atoms with E-state index in [1.54, 1.807) is 24.4 Å². The van der Waals surface area contributed by atoms with Crippen molar-refractivity contribution in [3.8, 4) is 22.5 Å². The van der Waals surface area contributed by atoms with Crippen LogP contribution in [-0.4, -0.2) is 43.4 Å². The van der Waals surface area contributed by atoms with Crippen LogP contribution in [0, 0.1) is 0 Å². The molecule has 0 saturated heterocycles. The van der Waals surface area contributed by atoms with Gasteiger partial charge in [-0.2, -0.15) is 15.4 Å². The molecule has 0 bridgehead atoms. The standard InChI is InChI=1S/C17H17N5O3/c1-9(2)19-16(23)13-7-12(8-18-13)15-14(20-22-21-15)10-4-3-5-11(6-10)17(24)25/h3-9,18H,1-2H3,(H,19,23)(H,24,25)(H,20,21,22). The number of aromatic nitrogens is 4. The van der Waals surface area contributed by atoms with Crippen molar-refractivity contribution in [3.05, 3.63) is 47.8 Å². The molecule has 2 heterocycles. The lowest BCUT2D eigenvalue weighted by molar-refractivity contribution is 0.0696. The van der Waals surface area contributed by atoms with Crippen LogP contribution in [0.15, 0.2) is 36.5 Å². The lowest BCUT2D eigenvalue weighted by Gasteiger charge is -2.05. The second-order valence-corrected chi connectivity index (χ2v) is 5.84. The van der Waals surface area contributed by atoms with Gasteiger partial charge in [0, 0.05) is 23.4 Å². The lowest BCUT2D eigenvalue weighted by Crippen LogP contribution is -2.30. The Labute approximate surface area is 143 Å². The van der Waals surface area contributed by atoms with Gasteiger partial charge in [-0.3, -0.25) is 4.79 Å². The third-order valence-corrected chi connectivity index (χ3v) is 3.55. The summed E-state index contributed by atoms with van der Waals surface area (Å²) in [5.41, 5.74) is 2.92. The quantitative estimate of drug-likeness (QED) is 0.568.